The van der Waals surface area contributed by atoms with E-state index in [2.05, 4.69) is 9.97 Å². The monoisotopic (exact) mass is 333 g/mol. The highest BCUT2D eigenvalue weighted by atomic mass is 32.2. The minimum Gasteiger partial charge on any atom is -0.463 e. The molecule has 0 saturated carbocycles. The summed E-state index contributed by atoms with van der Waals surface area (Å²) in [6.45, 7) is 1.43. The van der Waals surface area contributed by atoms with E-state index in [-0.39, 0.29) is 5.92 Å². The lowest BCUT2D eigenvalue weighted by atomic mass is 10.0. The van der Waals surface area contributed by atoms with Crippen LogP contribution in [0.1, 0.15) is 12.8 Å². The maximum Gasteiger partial charge on any atom is 0.316 e. The minimum absolute atomic E-state index is 0.144. The van der Waals surface area contributed by atoms with E-state index < -0.39 is 10.0 Å². The Labute approximate surface area is 136 Å². The average Bonchev–Trinajstić information content (AvgIpc) is 2.62. The van der Waals surface area contributed by atoms with E-state index in [0.717, 1.165) is 12.8 Å². The maximum absolute atomic E-state index is 12.7. The molecule has 1 fully saturated rings. The Kier molecular flexibility index (Phi) is 4.88. The summed E-state index contributed by atoms with van der Waals surface area (Å²) in [4.78, 5) is 8.37. The van der Waals surface area contributed by atoms with Gasteiger partial charge in [0.2, 0.25) is 10.0 Å². The van der Waals surface area contributed by atoms with Crippen molar-refractivity contribution < 1.29 is 13.2 Å². The lowest BCUT2D eigenvalue weighted by molar-refractivity contribution is 0.171. The molecule has 2 heterocycles. The molecule has 1 saturated heterocycles. The van der Waals surface area contributed by atoms with Gasteiger partial charge in [-0.15, -0.1) is 0 Å². The third-order valence-corrected chi connectivity index (χ3v) is 5.73. The molecule has 1 atom stereocenters. The Morgan fingerprint density at radius 1 is 1.13 bits per heavy atom. The van der Waals surface area contributed by atoms with Gasteiger partial charge in [0.1, 0.15) is 0 Å². The quantitative estimate of drug-likeness (QED) is 0.836. The zero-order valence-corrected chi connectivity index (χ0v) is 13.5. The number of piperidine rings is 1. The molecule has 0 amide bonds. The van der Waals surface area contributed by atoms with Crippen LogP contribution in [0.3, 0.4) is 0 Å². The first-order chi connectivity index (χ1) is 11.2. The molecule has 0 radical (unpaired) electrons. The van der Waals surface area contributed by atoms with E-state index in [4.69, 9.17) is 4.74 Å². The molecule has 2 aromatic rings. The standard InChI is InChI=1S/C16H19N3O3S/c20-23(21,15-7-2-1-3-8-15)19-11-4-6-14(12-19)13-22-16-17-9-5-10-18-16/h1-3,5,7-10,14H,4,6,11-13H2. The average molecular weight is 333 g/mol. The van der Waals surface area contributed by atoms with Crippen LogP contribution in [0.25, 0.3) is 0 Å². The molecule has 1 aromatic heterocycles. The van der Waals surface area contributed by atoms with Crippen molar-refractivity contribution in [2.75, 3.05) is 19.7 Å². The zero-order valence-electron chi connectivity index (χ0n) is 12.7. The molecule has 7 heteroatoms. The fourth-order valence-electron chi connectivity index (χ4n) is 2.68. The van der Waals surface area contributed by atoms with Gasteiger partial charge >= 0.3 is 6.01 Å². The Morgan fingerprint density at radius 3 is 2.61 bits per heavy atom. The lowest BCUT2D eigenvalue weighted by Crippen LogP contribution is -2.41. The minimum atomic E-state index is -3.43. The van der Waals surface area contributed by atoms with Gasteiger partial charge in [0.25, 0.3) is 0 Å². The molecule has 6 nitrogen and oxygen atoms in total. The highest BCUT2D eigenvalue weighted by Crippen LogP contribution is 2.23. The number of rotatable bonds is 5. The van der Waals surface area contributed by atoms with Crippen molar-refractivity contribution in [1.29, 1.82) is 0 Å². The zero-order chi connectivity index (χ0) is 16.1. The van der Waals surface area contributed by atoms with Gasteiger partial charge in [0.05, 0.1) is 11.5 Å². The second-order valence-corrected chi connectivity index (χ2v) is 7.46. The van der Waals surface area contributed by atoms with Crippen molar-refractivity contribution in [3.8, 4) is 6.01 Å². The van der Waals surface area contributed by atoms with Crippen LogP contribution >= 0.6 is 0 Å². The van der Waals surface area contributed by atoms with E-state index in [1.54, 1.807) is 47.0 Å². The van der Waals surface area contributed by atoms with Crippen molar-refractivity contribution in [3.05, 3.63) is 48.8 Å². The highest BCUT2D eigenvalue weighted by Gasteiger charge is 2.30. The van der Waals surface area contributed by atoms with Gasteiger partial charge < -0.3 is 4.74 Å². The summed E-state index contributed by atoms with van der Waals surface area (Å²) >= 11 is 0. The van der Waals surface area contributed by atoms with Crippen molar-refractivity contribution in [1.82, 2.24) is 14.3 Å². The van der Waals surface area contributed by atoms with Crippen LogP contribution in [0.5, 0.6) is 6.01 Å². The molecule has 1 unspecified atom stereocenters. The van der Waals surface area contributed by atoms with E-state index in [9.17, 15) is 8.42 Å². The molecule has 0 spiro atoms. The molecule has 1 aliphatic heterocycles. The van der Waals surface area contributed by atoms with E-state index in [1.165, 1.54) is 0 Å². The summed E-state index contributed by atoms with van der Waals surface area (Å²) in [6.07, 6.45) is 5.01. The first-order valence-corrected chi connectivity index (χ1v) is 9.05. The van der Waals surface area contributed by atoms with E-state index in [0.29, 0.717) is 30.6 Å². The summed E-state index contributed by atoms with van der Waals surface area (Å²) in [5.41, 5.74) is 0. The first-order valence-electron chi connectivity index (χ1n) is 7.61. The molecule has 3 rings (SSSR count). The fourth-order valence-corrected chi connectivity index (χ4v) is 4.25. The SMILES string of the molecule is O=S(=O)(c1ccccc1)N1CCCC(COc2ncccn2)C1. The number of benzene rings is 1. The summed E-state index contributed by atoms with van der Waals surface area (Å²) in [6, 6.07) is 10.6. The van der Waals surface area contributed by atoms with Crippen LogP contribution in [-0.4, -0.2) is 42.4 Å². The smallest absolute Gasteiger partial charge is 0.316 e. The van der Waals surface area contributed by atoms with E-state index >= 15 is 0 Å². The molecular formula is C16H19N3O3S. The molecule has 23 heavy (non-hydrogen) atoms. The lowest BCUT2D eigenvalue weighted by Gasteiger charge is -2.31. The molecule has 122 valence electrons. The second-order valence-electron chi connectivity index (χ2n) is 5.53. The van der Waals surface area contributed by atoms with Crippen molar-refractivity contribution in [3.63, 3.8) is 0 Å². The van der Waals surface area contributed by atoms with Gasteiger partial charge in [-0.05, 0) is 31.0 Å². The van der Waals surface area contributed by atoms with Crippen LogP contribution in [0, 0.1) is 5.92 Å². The highest BCUT2D eigenvalue weighted by molar-refractivity contribution is 7.89. The first kappa shape index (κ1) is 15.9. The fraction of sp³-hybridized carbons (Fsp3) is 0.375. The van der Waals surface area contributed by atoms with Crippen molar-refractivity contribution in [2.45, 2.75) is 17.7 Å². The van der Waals surface area contributed by atoms with Gasteiger partial charge in [0.15, 0.2) is 0 Å². The second kappa shape index (κ2) is 7.06. The van der Waals surface area contributed by atoms with Crippen molar-refractivity contribution >= 4 is 10.0 Å². The van der Waals surface area contributed by atoms with Gasteiger partial charge in [-0.3, -0.25) is 0 Å². The predicted octanol–water partition coefficient (Wildman–Crippen LogP) is 1.96. The van der Waals surface area contributed by atoms with Crippen LogP contribution in [-0.2, 0) is 10.0 Å². The number of aromatic nitrogens is 2. The molecule has 0 N–H and O–H groups in total. The van der Waals surface area contributed by atoms with Gasteiger partial charge in [-0.25, -0.2) is 18.4 Å². The summed E-state index contributed by atoms with van der Waals surface area (Å²) < 4.78 is 32.5. The Morgan fingerprint density at radius 2 is 1.87 bits per heavy atom. The number of hydrogen-bond acceptors (Lipinski definition) is 5. The Balaban J connectivity index is 1.64. The van der Waals surface area contributed by atoms with Crippen LogP contribution in [0.4, 0.5) is 0 Å². The van der Waals surface area contributed by atoms with Crippen LogP contribution in [0.15, 0.2) is 53.7 Å². The largest absolute Gasteiger partial charge is 0.463 e. The summed E-state index contributed by atoms with van der Waals surface area (Å²) in [5.74, 6) is 0.144. The number of ether oxygens (including phenoxy) is 1. The van der Waals surface area contributed by atoms with Gasteiger partial charge in [0, 0.05) is 31.4 Å². The number of nitrogens with zero attached hydrogens (tertiary/aromatic N) is 3. The van der Waals surface area contributed by atoms with Crippen LogP contribution in [0.2, 0.25) is 0 Å². The molecule has 1 aromatic carbocycles. The van der Waals surface area contributed by atoms with Crippen LogP contribution < -0.4 is 4.74 Å². The van der Waals surface area contributed by atoms with Gasteiger partial charge in [-0.1, -0.05) is 18.2 Å². The van der Waals surface area contributed by atoms with E-state index in [1.807, 2.05) is 6.07 Å². The van der Waals surface area contributed by atoms with Gasteiger partial charge in [-0.2, -0.15) is 4.31 Å². The van der Waals surface area contributed by atoms with Crippen molar-refractivity contribution in [2.24, 2.45) is 5.92 Å². The molecular weight excluding hydrogens is 314 g/mol. The maximum atomic E-state index is 12.7. The number of sulfonamides is 1. The Bertz CT molecular complexity index is 723. The predicted molar refractivity (Wildman–Crippen MR) is 85.5 cm³/mol. The normalized spacial score (nSPS) is 19.4. The topological polar surface area (TPSA) is 72.4 Å². The molecule has 0 bridgehead atoms. The summed E-state index contributed by atoms with van der Waals surface area (Å²) in [7, 11) is -3.43. The Hall–Kier alpha value is -1.99. The summed E-state index contributed by atoms with van der Waals surface area (Å²) in [5, 5.41) is 0. The molecule has 1 aliphatic rings. The number of hydrogen-bond donors (Lipinski definition) is 0. The molecule has 0 aliphatic carbocycles. The third kappa shape index (κ3) is 3.86. The third-order valence-electron chi connectivity index (χ3n) is 3.85.